The number of alkyl halides is 3. The van der Waals surface area contributed by atoms with Gasteiger partial charge in [-0.2, -0.15) is 23.4 Å². The average molecular weight is 787 g/mol. The summed E-state index contributed by atoms with van der Waals surface area (Å²) in [5, 5.41) is 20.9. The third kappa shape index (κ3) is 8.40. The number of aromatic nitrogens is 9. The molecule has 7 aromatic rings. The number of fused-ring (bicyclic) bond motifs is 2. The number of rotatable bonds is 8. The van der Waals surface area contributed by atoms with Crippen molar-refractivity contribution in [3.63, 3.8) is 0 Å². The number of hydrogen-bond acceptors (Lipinski definition) is 11. The highest BCUT2D eigenvalue weighted by atomic mass is 35.5. The Balaban J connectivity index is 0.000000197. The number of pyridine rings is 1. The second kappa shape index (κ2) is 15.6. The van der Waals surface area contributed by atoms with Crippen LogP contribution >= 0.6 is 23.2 Å². The number of H-pyrrole nitrogens is 2. The van der Waals surface area contributed by atoms with Gasteiger partial charge in [-0.3, -0.25) is 24.8 Å². The maximum absolute atomic E-state index is 13.3. The topological polar surface area (TPSA) is 218 Å². The number of aromatic amines is 2. The Kier molecular flexibility index (Phi) is 10.8. The summed E-state index contributed by atoms with van der Waals surface area (Å²) < 4.78 is 65.0. The number of halogens is 7. The van der Waals surface area contributed by atoms with Crippen LogP contribution in [0.3, 0.4) is 0 Å². The van der Waals surface area contributed by atoms with E-state index in [0.29, 0.717) is 22.2 Å². The van der Waals surface area contributed by atoms with Gasteiger partial charge in [-0.1, -0.05) is 35.3 Å². The predicted octanol–water partition coefficient (Wildman–Crippen LogP) is 5.89. The Bertz CT molecular complexity index is 2510. The first-order valence-corrected chi connectivity index (χ1v) is 15.9. The lowest BCUT2D eigenvalue weighted by molar-refractivity contribution is -0.141. The zero-order chi connectivity index (χ0) is 38.6. The smallest absolute Gasteiger partial charge is 0.380 e. The second-order valence-corrected chi connectivity index (χ2v) is 11.8. The molecule has 15 nitrogen and oxygen atoms in total. The van der Waals surface area contributed by atoms with Crippen LogP contribution in [0.4, 0.5) is 39.3 Å². The molecule has 0 saturated heterocycles. The van der Waals surface area contributed by atoms with E-state index in [1.54, 1.807) is 0 Å². The number of carbonyl (C=O) groups excluding carboxylic acids is 2. The van der Waals surface area contributed by atoms with Crippen LogP contribution in [0.25, 0.3) is 22.1 Å². The highest BCUT2D eigenvalue weighted by molar-refractivity contribution is 6.31. The molecule has 0 spiro atoms. The molecule has 5 aromatic heterocycles. The Morgan fingerprint density at radius 1 is 0.722 bits per heavy atom. The normalized spacial score (nSPS) is 11.2. The molecule has 7 rings (SSSR count). The molecule has 276 valence electrons. The molecule has 0 radical (unpaired) electrons. The molecule has 0 saturated carbocycles. The maximum atomic E-state index is 13.3. The van der Waals surface area contributed by atoms with Crippen molar-refractivity contribution in [1.82, 2.24) is 55.9 Å². The molecule has 0 unspecified atom stereocenters. The summed E-state index contributed by atoms with van der Waals surface area (Å²) in [6.45, 7) is 0.231. The number of benzene rings is 2. The van der Waals surface area contributed by atoms with Gasteiger partial charge in [0.05, 0.1) is 10.0 Å². The fourth-order valence-corrected chi connectivity index (χ4v) is 5.16. The van der Waals surface area contributed by atoms with Crippen LogP contribution < -0.4 is 21.7 Å². The van der Waals surface area contributed by atoms with Crippen molar-refractivity contribution in [3.05, 3.63) is 117 Å². The molecule has 0 atom stereocenters. The molecular weight excluding hydrogens is 764 g/mol. The van der Waals surface area contributed by atoms with E-state index in [-0.39, 0.29) is 62.9 Å². The second-order valence-electron chi connectivity index (χ2n) is 11.0. The minimum Gasteiger partial charge on any atom is -0.380 e. The van der Waals surface area contributed by atoms with Gasteiger partial charge in [-0.15, -0.1) is 0 Å². The molecule has 54 heavy (non-hydrogen) atoms. The monoisotopic (exact) mass is 785 g/mol. The predicted molar refractivity (Wildman–Crippen MR) is 185 cm³/mol. The third-order valence-electron chi connectivity index (χ3n) is 7.35. The van der Waals surface area contributed by atoms with Crippen molar-refractivity contribution in [2.24, 2.45) is 0 Å². The summed E-state index contributed by atoms with van der Waals surface area (Å²) in [7, 11) is 0. The van der Waals surface area contributed by atoms with E-state index >= 15 is 0 Å². The zero-order valence-corrected chi connectivity index (χ0v) is 28.4. The summed E-state index contributed by atoms with van der Waals surface area (Å²) >= 11 is 11.4. The fourth-order valence-electron chi connectivity index (χ4n) is 4.75. The average Bonchev–Trinajstić information content (AvgIpc) is 3.75. The van der Waals surface area contributed by atoms with Gasteiger partial charge in [-0.05, 0) is 47.5 Å². The summed E-state index contributed by atoms with van der Waals surface area (Å²) in [4.78, 5) is 44.0. The molecule has 22 heteroatoms. The first-order chi connectivity index (χ1) is 25.8. The van der Waals surface area contributed by atoms with E-state index in [1.165, 1.54) is 48.8 Å². The van der Waals surface area contributed by atoms with Crippen LogP contribution in [0.5, 0.6) is 0 Å². The number of carbonyl (C=O) groups is 2. The van der Waals surface area contributed by atoms with Crippen molar-refractivity contribution < 1.29 is 31.5 Å². The minimum atomic E-state index is -4.60. The Morgan fingerprint density at radius 3 is 1.81 bits per heavy atom. The van der Waals surface area contributed by atoms with E-state index in [9.17, 15) is 31.5 Å². The summed E-state index contributed by atoms with van der Waals surface area (Å²) in [5.41, 5.74) is 7.07. The van der Waals surface area contributed by atoms with Crippen LogP contribution in [0.1, 0.15) is 37.8 Å². The Morgan fingerprint density at radius 2 is 1.26 bits per heavy atom. The first kappa shape index (κ1) is 37.2. The van der Waals surface area contributed by atoms with Gasteiger partial charge < -0.3 is 21.7 Å². The van der Waals surface area contributed by atoms with Crippen LogP contribution in [0, 0.1) is 11.6 Å². The number of amides is 2. The Hall–Kier alpha value is -6.54. The van der Waals surface area contributed by atoms with Gasteiger partial charge in [0.1, 0.15) is 52.0 Å². The molecule has 7 N–H and O–H groups in total. The van der Waals surface area contributed by atoms with Gasteiger partial charge in [0.25, 0.3) is 11.8 Å². The molecular formula is C32H22Cl2F5N13O2. The van der Waals surface area contributed by atoms with Gasteiger partial charge in [0.2, 0.25) is 0 Å². The lowest BCUT2D eigenvalue weighted by Crippen LogP contribution is -2.24. The summed E-state index contributed by atoms with van der Waals surface area (Å²) in [6.07, 6.45) is -1.23. The van der Waals surface area contributed by atoms with Crippen molar-refractivity contribution in [2.45, 2.75) is 19.3 Å². The summed E-state index contributed by atoms with van der Waals surface area (Å²) in [6, 6.07) is 10.4. The van der Waals surface area contributed by atoms with Gasteiger partial charge in [0, 0.05) is 25.0 Å². The standard InChI is InChI=1S/C19H12ClF4N7O.C13H10ClFN6O/c20-11-5-9(1-2-12(11)21)7-26-18(32)16-14-15(27-8-28-16)17(31-30-14)29-10-3-4-25-13(6-10)19(22,23)24;14-7-3-6(1-2-8(7)15)4-17-13(22)11-9-10(18-5-19-11)12(16)21-20-9/h1-6,8H,7H2,(H,26,32)(H2,25,29,30,31);1-3,5H,4H2,(H,17,22)(H3,16,20,21). The first-order valence-electron chi connectivity index (χ1n) is 15.2. The zero-order valence-electron chi connectivity index (χ0n) is 26.9. The number of hydrogen-bond donors (Lipinski definition) is 6. The van der Waals surface area contributed by atoms with E-state index in [4.69, 9.17) is 28.9 Å². The van der Waals surface area contributed by atoms with E-state index in [2.05, 4.69) is 61.3 Å². The van der Waals surface area contributed by atoms with Crippen LogP contribution in [-0.2, 0) is 19.3 Å². The lowest BCUT2D eigenvalue weighted by atomic mass is 10.2. The third-order valence-corrected chi connectivity index (χ3v) is 7.93. The van der Waals surface area contributed by atoms with E-state index in [1.807, 2.05) is 0 Å². The summed E-state index contributed by atoms with van der Waals surface area (Å²) in [5.74, 6) is -1.80. The van der Waals surface area contributed by atoms with Crippen molar-refractivity contribution in [1.29, 1.82) is 0 Å². The highest BCUT2D eigenvalue weighted by Gasteiger charge is 2.32. The number of nitrogens with two attached hydrogens (primary N) is 1. The Labute approximate surface area is 308 Å². The molecule has 0 fully saturated rings. The number of nitrogens with zero attached hydrogens (tertiary/aromatic N) is 7. The van der Waals surface area contributed by atoms with E-state index in [0.717, 1.165) is 18.6 Å². The minimum absolute atomic E-state index is 0.00230. The van der Waals surface area contributed by atoms with E-state index < -0.39 is 35.3 Å². The van der Waals surface area contributed by atoms with Crippen LogP contribution in [0.2, 0.25) is 10.0 Å². The van der Waals surface area contributed by atoms with Gasteiger partial charge in [0.15, 0.2) is 23.0 Å². The lowest BCUT2D eigenvalue weighted by Gasteiger charge is -2.08. The molecule has 2 amide bonds. The SMILES string of the molecule is Nc1n[nH]c2c(C(=O)NCc3ccc(F)c(Cl)c3)ncnc12.O=C(NCc1ccc(F)c(Cl)c1)c1ncnc2c(Nc3ccnc(C(F)(F)F)c3)n[nH]c12. The number of nitrogens with one attached hydrogen (secondary N) is 5. The fraction of sp³-hybridized carbons (Fsp3) is 0.0938. The molecule has 0 aliphatic heterocycles. The van der Waals surface area contributed by atoms with Crippen LogP contribution in [-0.4, -0.2) is 57.1 Å². The van der Waals surface area contributed by atoms with Gasteiger partial charge in [-0.25, -0.2) is 28.7 Å². The van der Waals surface area contributed by atoms with Gasteiger partial charge >= 0.3 is 6.18 Å². The van der Waals surface area contributed by atoms with Crippen molar-refractivity contribution >= 4 is 74.4 Å². The van der Waals surface area contributed by atoms with Crippen LogP contribution in [0.15, 0.2) is 67.4 Å². The maximum Gasteiger partial charge on any atom is 0.433 e. The molecule has 0 aliphatic carbocycles. The quantitative estimate of drug-likeness (QED) is 0.0998. The largest absolute Gasteiger partial charge is 0.433 e. The van der Waals surface area contributed by atoms with Crippen molar-refractivity contribution in [3.8, 4) is 0 Å². The molecule has 2 aromatic carbocycles. The van der Waals surface area contributed by atoms with Crippen molar-refractivity contribution in [2.75, 3.05) is 11.1 Å². The highest BCUT2D eigenvalue weighted by Crippen LogP contribution is 2.30. The molecule has 0 aliphatic rings. The number of anilines is 3. The molecule has 0 bridgehead atoms. The molecule has 5 heterocycles. The number of nitrogen functional groups attached to an aromatic ring is 1.